The molecule has 0 aromatic heterocycles. The number of likely N-dealkylation sites (N-methyl/N-ethyl adjacent to an activating group) is 1. The number of hydrogen-bond acceptors (Lipinski definition) is 4. The minimum Gasteiger partial charge on any atom is -0.355 e. The molecule has 224 valence electrons. The highest BCUT2D eigenvalue weighted by molar-refractivity contribution is 9.10. The molecule has 0 bridgehead atoms. The lowest BCUT2D eigenvalue weighted by Gasteiger charge is -2.33. The predicted molar refractivity (Wildman–Crippen MR) is 169 cm³/mol. The summed E-state index contributed by atoms with van der Waals surface area (Å²) in [4.78, 5) is 29.2. The van der Waals surface area contributed by atoms with E-state index in [1.165, 1.54) is 29.2 Å². The highest BCUT2D eigenvalue weighted by Crippen LogP contribution is 2.27. The molecule has 0 heterocycles. The average molecular weight is 667 g/mol. The maximum Gasteiger partial charge on any atom is 0.264 e. The van der Waals surface area contributed by atoms with Crippen molar-refractivity contribution in [1.82, 2.24) is 10.2 Å². The summed E-state index contributed by atoms with van der Waals surface area (Å²) < 4.78 is 43.5. The fraction of sp³-hybridized carbons (Fsp3) is 0.212. The normalized spacial score (nSPS) is 11.9. The summed E-state index contributed by atoms with van der Waals surface area (Å²) in [5.74, 6) is -1.40. The van der Waals surface area contributed by atoms with E-state index in [9.17, 15) is 22.4 Å². The molecule has 0 spiro atoms. The molecule has 4 rings (SSSR count). The molecule has 0 aliphatic carbocycles. The molecule has 0 unspecified atom stereocenters. The van der Waals surface area contributed by atoms with Crippen molar-refractivity contribution in [3.63, 3.8) is 0 Å². The van der Waals surface area contributed by atoms with Gasteiger partial charge < -0.3 is 10.2 Å². The summed E-state index contributed by atoms with van der Waals surface area (Å²) in [6.45, 7) is 3.38. The molecule has 0 aliphatic rings. The Morgan fingerprint density at radius 3 is 2.09 bits per heavy atom. The zero-order valence-electron chi connectivity index (χ0n) is 23.9. The van der Waals surface area contributed by atoms with Crippen LogP contribution >= 0.6 is 15.9 Å². The van der Waals surface area contributed by atoms with Crippen molar-refractivity contribution in [3.8, 4) is 0 Å². The third kappa shape index (κ3) is 8.30. The third-order valence-electron chi connectivity index (χ3n) is 6.89. The summed E-state index contributed by atoms with van der Waals surface area (Å²) in [5.41, 5.74) is 2.60. The Morgan fingerprint density at radius 2 is 1.49 bits per heavy atom. The number of halogens is 2. The van der Waals surface area contributed by atoms with Crippen molar-refractivity contribution in [1.29, 1.82) is 0 Å². The van der Waals surface area contributed by atoms with E-state index in [-0.39, 0.29) is 29.5 Å². The van der Waals surface area contributed by atoms with Crippen LogP contribution in [0.15, 0.2) is 112 Å². The molecule has 4 aromatic carbocycles. The van der Waals surface area contributed by atoms with Gasteiger partial charge in [0.25, 0.3) is 10.0 Å². The molecule has 10 heteroatoms. The summed E-state index contributed by atoms with van der Waals surface area (Å²) in [6, 6.07) is 27.0. The van der Waals surface area contributed by atoms with E-state index in [1.807, 2.05) is 37.3 Å². The highest BCUT2D eigenvalue weighted by atomic mass is 79.9. The lowest BCUT2D eigenvalue weighted by atomic mass is 10.0. The summed E-state index contributed by atoms with van der Waals surface area (Å²) >= 11 is 3.38. The Bertz CT molecular complexity index is 1630. The van der Waals surface area contributed by atoms with Crippen molar-refractivity contribution in [2.45, 2.75) is 37.8 Å². The Morgan fingerprint density at radius 1 is 0.860 bits per heavy atom. The second kappa shape index (κ2) is 14.4. The maximum absolute atomic E-state index is 14.3. The van der Waals surface area contributed by atoms with Gasteiger partial charge in [-0.25, -0.2) is 12.8 Å². The first-order chi connectivity index (χ1) is 20.6. The Kier molecular flexibility index (Phi) is 10.7. The van der Waals surface area contributed by atoms with Crippen LogP contribution in [0.5, 0.6) is 0 Å². The van der Waals surface area contributed by atoms with E-state index in [1.54, 1.807) is 55.5 Å². The van der Waals surface area contributed by atoms with Gasteiger partial charge in [0.2, 0.25) is 11.8 Å². The van der Waals surface area contributed by atoms with Crippen molar-refractivity contribution in [3.05, 3.63) is 130 Å². The predicted octanol–water partition coefficient (Wildman–Crippen LogP) is 5.87. The molecule has 2 amide bonds. The molecule has 0 saturated carbocycles. The number of rotatable bonds is 12. The molecule has 0 fully saturated rings. The minimum absolute atomic E-state index is 0.0310. The molecular formula is C33H33BrFN3O4S. The second-order valence-corrected chi connectivity index (χ2v) is 12.8. The zero-order chi connectivity index (χ0) is 31.0. The topological polar surface area (TPSA) is 86.8 Å². The number of nitrogens with one attached hydrogen (secondary N) is 1. The number of hydrogen-bond donors (Lipinski definition) is 1. The van der Waals surface area contributed by atoms with Gasteiger partial charge in [0.15, 0.2) is 0 Å². The van der Waals surface area contributed by atoms with Crippen LogP contribution in [0.2, 0.25) is 0 Å². The van der Waals surface area contributed by atoms with Gasteiger partial charge in [-0.15, -0.1) is 0 Å². The Hall–Kier alpha value is -4.02. The standard InChI is InChI=1S/C33H33BrFN3O4S/c1-3-36-33(40)31(21-25-7-5-4-6-8-25)37(22-26-11-15-28(35)16-12-26)32(39)23-38(29-17-13-27(34)14-18-29)43(41,42)30-19-9-24(2)10-20-30/h4-20,31H,3,21-23H2,1-2H3,(H,36,40)/t31-/m1/s1. The number of aryl methyl sites for hydroxylation is 1. The molecule has 0 radical (unpaired) electrons. The van der Waals surface area contributed by atoms with Gasteiger partial charge in [0, 0.05) is 24.0 Å². The molecule has 4 aromatic rings. The number of benzene rings is 4. The number of sulfonamides is 1. The molecule has 43 heavy (non-hydrogen) atoms. The lowest BCUT2D eigenvalue weighted by Crippen LogP contribution is -2.53. The van der Waals surface area contributed by atoms with Gasteiger partial charge in [0.05, 0.1) is 10.6 Å². The van der Waals surface area contributed by atoms with Gasteiger partial charge in [-0.05, 0) is 73.5 Å². The Labute approximate surface area is 260 Å². The van der Waals surface area contributed by atoms with Crippen LogP contribution < -0.4 is 9.62 Å². The summed E-state index contributed by atoms with van der Waals surface area (Å²) in [6.07, 6.45) is 0.197. The fourth-order valence-corrected chi connectivity index (χ4v) is 6.28. The lowest BCUT2D eigenvalue weighted by molar-refractivity contribution is -0.140. The molecular weight excluding hydrogens is 633 g/mol. The van der Waals surface area contributed by atoms with Crippen molar-refractivity contribution < 1.29 is 22.4 Å². The van der Waals surface area contributed by atoms with Gasteiger partial charge in [-0.2, -0.15) is 0 Å². The molecule has 1 N–H and O–H groups in total. The largest absolute Gasteiger partial charge is 0.355 e. The van der Waals surface area contributed by atoms with E-state index in [4.69, 9.17) is 0 Å². The van der Waals surface area contributed by atoms with Crippen LogP contribution in [-0.4, -0.2) is 44.3 Å². The summed E-state index contributed by atoms with van der Waals surface area (Å²) in [7, 11) is -4.19. The molecule has 0 aliphatic heterocycles. The van der Waals surface area contributed by atoms with Gasteiger partial charge in [-0.3, -0.25) is 13.9 Å². The van der Waals surface area contributed by atoms with E-state index in [0.29, 0.717) is 12.1 Å². The van der Waals surface area contributed by atoms with Crippen LogP contribution in [0.1, 0.15) is 23.6 Å². The molecule has 7 nitrogen and oxygen atoms in total. The van der Waals surface area contributed by atoms with Crippen LogP contribution in [0.4, 0.5) is 10.1 Å². The van der Waals surface area contributed by atoms with Crippen molar-refractivity contribution in [2.24, 2.45) is 0 Å². The van der Waals surface area contributed by atoms with Crippen LogP contribution in [0.3, 0.4) is 0 Å². The summed E-state index contributed by atoms with van der Waals surface area (Å²) in [5, 5.41) is 2.82. The van der Waals surface area contributed by atoms with Gasteiger partial charge in [-0.1, -0.05) is 76.1 Å². The third-order valence-corrected chi connectivity index (χ3v) is 9.21. The minimum atomic E-state index is -4.19. The second-order valence-electron chi connectivity index (χ2n) is 10.0. The zero-order valence-corrected chi connectivity index (χ0v) is 26.3. The quantitative estimate of drug-likeness (QED) is 0.205. The number of amides is 2. The average Bonchev–Trinajstić information content (AvgIpc) is 3.00. The highest BCUT2D eigenvalue weighted by Gasteiger charge is 2.34. The van der Waals surface area contributed by atoms with Crippen molar-refractivity contribution >= 4 is 43.5 Å². The Balaban J connectivity index is 1.78. The SMILES string of the molecule is CCNC(=O)[C@@H](Cc1ccccc1)N(Cc1ccc(F)cc1)C(=O)CN(c1ccc(Br)cc1)S(=O)(=O)c1ccc(C)cc1. The number of carbonyl (C=O) groups is 2. The fourth-order valence-electron chi connectivity index (χ4n) is 4.61. The van der Waals surface area contributed by atoms with E-state index < -0.39 is 34.3 Å². The first kappa shape index (κ1) is 31.9. The number of anilines is 1. The van der Waals surface area contributed by atoms with Crippen LogP contribution in [0.25, 0.3) is 0 Å². The number of nitrogens with zero attached hydrogens (tertiary/aromatic N) is 2. The molecule has 1 atom stereocenters. The van der Waals surface area contributed by atoms with Gasteiger partial charge in [0.1, 0.15) is 18.4 Å². The monoisotopic (exact) mass is 665 g/mol. The first-order valence-electron chi connectivity index (χ1n) is 13.8. The van der Waals surface area contributed by atoms with Crippen molar-refractivity contribution in [2.75, 3.05) is 17.4 Å². The number of carbonyl (C=O) groups excluding carboxylic acids is 2. The van der Waals surface area contributed by atoms with E-state index in [0.717, 1.165) is 19.9 Å². The van der Waals surface area contributed by atoms with Crippen LogP contribution in [-0.2, 0) is 32.6 Å². The van der Waals surface area contributed by atoms with Crippen LogP contribution in [0, 0.1) is 12.7 Å². The smallest absolute Gasteiger partial charge is 0.264 e. The first-order valence-corrected chi connectivity index (χ1v) is 16.0. The molecule has 0 saturated heterocycles. The van der Waals surface area contributed by atoms with E-state index >= 15 is 0 Å². The van der Waals surface area contributed by atoms with E-state index in [2.05, 4.69) is 21.2 Å². The van der Waals surface area contributed by atoms with Gasteiger partial charge >= 0.3 is 0 Å². The maximum atomic E-state index is 14.3.